The van der Waals surface area contributed by atoms with E-state index in [1.165, 1.54) is 34.9 Å². The quantitative estimate of drug-likeness (QED) is 0.712. The molecule has 2 aliphatic carbocycles. The predicted molar refractivity (Wildman–Crippen MR) is 101 cm³/mol. The van der Waals surface area contributed by atoms with Crippen molar-refractivity contribution in [3.8, 4) is 0 Å². The average Bonchev–Trinajstić information content (AvgIpc) is 2.94. The first kappa shape index (κ1) is 16.1. The summed E-state index contributed by atoms with van der Waals surface area (Å²) in [6.07, 6.45) is 2.54. The number of esters is 1. The molecular formula is C23H24O2. The maximum Gasteiger partial charge on any atom is 0.316 e. The lowest BCUT2D eigenvalue weighted by Crippen LogP contribution is -2.40. The fourth-order valence-corrected chi connectivity index (χ4v) is 4.97. The molecule has 2 nitrogen and oxygen atoms in total. The second kappa shape index (κ2) is 5.59. The predicted octanol–water partition coefficient (Wildman–Crippen LogP) is 5.13. The first-order valence-electron chi connectivity index (χ1n) is 8.93. The molecule has 0 N–H and O–H groups in total. The van der Waals surface area contributed by atoms with Crippen LogP contribution in [-0.4, -0.2) is 13.1 Å². The van der Waals surface area contributed by atoms with Crippen LogP contribution in [0.25, 0.3) is 11.1 Å². The Balaban J connectivity index is 2.05. The van der Waals surface area contributed by atoms with Crippen LogP contribution < -0.4 is 0 Å². The van der Waals surface area contributed by atoms with Crippen LogP contribution in [0.2, 0.25) is 0 Å². The first-order chi connectivity index (χ1) is 12.0. The van der Waals surface area contributed by atoms with Gasteiger partial charge in [-0.2, -0.15) is 0 Å². The molecule has 0 fully saturated rings. The Kier molecular flexibility index (Phi) is 3.61. The highest BCUT2D eigenvalue weighted by molar-refractivity contribution is 6.07. The summed E-state index contributed by atoms with van der Waals surface area (Å²) in [6, 6.07) is 19.0. The van der Waals surface area contributed by atoms with Gasteiger partial charge in [0.2, 0.25) is 0 Å². The van der Waals surface area contributed by atoms with Crippen LogP contribution in [0.15, 0.2) is 54.6 Å². The molecule has 0 aliphatic heterocycles. The van der Waals surface area contributed by atoms with Gasteiger partial charge in [-0.15, -0.1) is 0 Å². The van der Waals surface area contributed by atoms with Crippen LogP contribution in [0.1, 0.15) is 43.4 Å². The molecule has 2 heteroatoms. The molecule has 0 amide bonds. The van der Waals surface area contributed by atoms with E-state index in [-0.39, 0.29) is 11.4 Å². The fourth-order valence-electron chi connectivity index (χ4n) is 4.97. The maximum atomic E-state index is 13.0. The molecule has 128 valence electrons. The van der Waals surface area contributed by atoms with Crippen molar-refractivity contribution in [3.05, 3.63) is 71.3 Å². The van der Waals surface area contributed by atoms with Gasteiger partial charge >= 0.3 is 5.97 Å². The van der Waals surface area contributed by atoms with E-state index in [0.717, 1.165) is 19.3 Å². The number of carbonyl (C=O) groups is 1. The van der Waals surface area contributed by atoms with Gasteiger partial charge in [0.25, 0.3) is 0 Å². The summed E-state index contributed by atoms with van der Waals surface area (Å²) in [6.45, 7) is 4.53. The van der Waals surface area contributed by atoms with E-state index < -0.39 is 5.41 Å². The highest BCUT2D eigenvalue weighted by Crippen LogP contribution is 2.61. The van der Waals surface area contributed by atoms with Crippen LogP contribution in [0, 0.1) is 10.8 Å². The van der Waals surface area contributed by atoms with E-state index in [4.69, 9.17) is 4.74 Å². The standard InChI is InChI=1S/C23H24O2/c1-22(2)14-19(16-9-5-4-6-10-16)20-18-12-8-7-11-17(18)13-23(20,15-22)21(24)25-3/h4-12H,13-15H2,1-3H3. The number of ether oxygens (including phenoxy) is 1. The third kappa shape index (κ3) is 2.43. The minimum absolute atomic E-state index is 0.0465. The number of carbonyl (C=O) groups excluding carboxylic acids is 1. The van der Waals surface area contributed by atoms with Crippen molar-refractivity contribution in [2.24, 2.45) is 10.8 Å². The van der Waals surface area contributed by atoms with Crippen LogP contribution >= 0.6 is 0 Å². The Bertz CT molecular complexity index is 861. The zero-order valence-electron chi connectivity index (χ0n) is 15.1. The fraction of sp³-hybridized carbons (Fsp3) is 0.348. The summed E-state index contributed by atoms with van der Waals surface area (Å²) in [5.41, 5.74) is 5.68. The smallest absolute Gasteiger partial charge is 0.316 e. The zero-order valence-corrected chi connectivity index (χ0v) is 15.1. The Labute approximate surface area is 149 Å². The van der Waals surface area contributed by atoms with Crippen molar-refractivity contribution in [1.29, 1.82) is 0 Å². The third-order valence-electron chi connectivity index (χ3n) is 5.69. The molecule has 0 aromatic heterocycles. The summed E-state index contributed by atoms with van der Waals surface area (Å²) in [7, 11) is 1.52. The molecule has 0 saturated carbocycles. The molecule has 0 heterocycles. The molecular weight excluding hydrogens is 308 g/mol. The summed E-state index contributed by atoms with van der Waals surface area (Å²) >= 11 is 0. The Morgan fingerprint density at radius 2 is 1.64 bits per heavy atom. The minimum Gasteiger partial charge on any atom is -0.468 e. The van der Waals surface area contributed by atoms with Gasteiger partial charge in [0.15, 0.2) is 0 Å². The van der Waals surface area contributed by atoms with Crippen molar-refractivity contribution in [2.75, 3.05) is 7.11 Å². The Morgan fingerprint density at radius 3 is 2.36 bits per heavy atom. The van der Waals surface area contributed by atoms with Crippen molar-refractivity contribution < 1.29 is 9.53 Å². The summed E-state index contributed by atoms with van der Waals surface area (Å²) in [4.78, 5) is 13.0. The summed E-state index contributed by atoms with van der Waals surface area (Å²) < 4.78 is 5.33. The van der Waals surface area contributed by atoms with Gasteiger partial charge in [-0.3, -0.25) is 4.79 Å². The van der Waals surface area contributed by atoms with Crippen LogP contribution in [0.3, 0.4) is 0 Å². The van der Waals surface area contributed by atoms with E-state index >= 15 is 0 Å². The molecule has 1 unspecified atom stereocenters. The van der Waals surface area contributed by atoms with Gasteiger partial charge in [-0.1, -0.05) is 68.4 Å². The molecule has 0 saturated heterocycles. The molecule has 0 spiro atoms. The lowest BCUT2D eigenvalue weighted by molar-refractivity contribution is -0.150. The highest BCUT2D eigenvalue weighted by Gasteiger charge is 2.55. The van der Waals surface area contributed by atoms with Gasteiger partial charge in [0.1, 0.15) is 0 Å². The second-order valence-corrected chi connectivity index (χ2v) is 8.14. The molecule has 0 bridgehead atoms. The van der Waals surface area contributed by atoms with Crippen molar-refractivity contribution in [3.63, 3.8) is 0 Å². The van der Waals surface area contributed by atoms with Crippen LogP contribution in [-0.2, 0) is 16.0 Å². The number of hydrogen-bond donors (Lipinski definition) is 0. The maximum absolute atomic E-state index is 13.0. The number of benzene rings is 2. The monoisotopic (exact) mass is 332 g/mol. The minimum atomic E-state index is -0.564. The van der Waals surface area contributed by atoms with Crippen LogP contribution in [0.4, 0.5) is 0 Å². The van der Waals surface area contributed by atoms with E-state index in [1.54, 1.807) is 0 Å². The Hall–Kier alpha value is -2.35. The SMILES string of the molecule is COC(=O)C12Cc3ccccc3C1=C(c1ccccc1)CC(C)(C)C2. The van der Waals surface area contributed by atoms with Gasteiger partial charge < -0.3 is 4.74 Å². The van der Waals surface area contributed by atoms with E-state index in [1.807, 2.05) is 6.07 Å². The number of hydrogen-bond acceptors (Lipinski definition) is 2. The molecule has 2 aromatic rings. The highest BCUT2D eigenvalue weighted by atomic mass is 16.5. The first-order valence-corrected chi connectivity index (χ1v) is 8.93. The Morgan fingerprint density at radius 1 is 0.960 bits per heavy atom. The van der Waals surface area contributed by atoms with E-state index in [9.17, 15) is 4.79 Å². The molecule has 2 aliphatic rings. The number of fused-ring (bicyclic) bond motifs is 3. The average molecular weight is 332 g/mol. The van der Waals surface area contributed by atoms with Gasteiger partial charge in [-0.05, 0) is 52.5 Å². The van der Waals surface area contributed by atoms with Gasteiger partial charge in [-0.25, -0.2) is 0 Å². The van der Waals surface area contributed by atoms with Crippen molar-refractivity contribution >= 4 is 17.1 Å². The lowest BCUT2D eigenvalue weighted by Gasteiger charge is -2.43. The molecule has 0 radical (unpaired) electrons. The second-order valence-electron chi connectivity index (χ2n) is 8.14. The molecule has 1 atom stereocenters. The van der Waals surface area contributed by atoms with Crippen molar-refractivity contribution in [1.82, 2.24) is 0 Å². The van der Waals surface area contributed by atoms with E-state index in [0.29, 0.717) is 0 Å². The molecule has 2 aromatic carbocycles. The number of methoxy groups -OCH3 is 1. The number of allylic oxidation sites excluding steroid dienone is 1. The molecule has 4 rings (SSSR count). The lowest BCUT2D eigenvalue weighted by atomic mass is 9.60. The number of rotatable bonds is 2. The summed E-state index contributed by atoms with van der Waals surface area (Å²) in [5, 5.41) is 0. The van der Waals surface area contributed by atoms with Crippen molar-refractivity contribution in [2.45, 2.75) is 33.1 Å². The summed E-state index contributed by atoms with van der Waals surface area (Å²) in [5.74, 6) is -0.0973. The third-order valence-corrected chi connectivity index (χ3v) is 5.69. The van der Waals surface area contributed by atoms with E-state index in [2.05, 4.69) is 62.4 Å². The van der Waals surface area contributed by atoms with Gasteiger partial charge in [0, 0.05) is 0 Å². The van der Waals surface area contributed by atoms with Gasteiger partial charge in [0.05, 0.1) is 12.5 Å². The zero-order chi connectivity index (χ0) is 17.7. The molecule has 25 heavy (non-hydrogen) atoms. The topological polar surface area (TPSA) is 26.3 Å². The largest absolute Gasteiger partial charge is 0.468 e. The van der Waals surface area contributed by atoms with Crippen LogP contribution in [0.5, 0.6) is 0 Å². The normalized spacial score (nSPS) is 23.8.